The van der Waals surface area contributed by atoms with Crippen molar-refractivity contribution in [1.82, 2.24) is 0 Å². The van der Waals surface area contributed by atoms with Crippen LogP contribution in [-0.2, 0) is 4.74 Å². The van der Waals surface area contributed by atoms with E-state index in [-0.39, 0.29) is 0 Å². The zero-order valence-corrected chi connectivity index (χ0v) is 12.8. The van der Waals surface area contributed by atoms with Crippen LogP contribution in [0.4, 0.5) is 5.69 Å². The van der Waals surface area contributed by atoms with Crippen molar-refractivity contribution >= 4 is 21.6 Å². The lowest BCUT2D eigenvalue weighted by molar-refractivity contribution is 0.0318. The minimum Gasteiger partial charge on any atom is -0.389 e. The van der Waals surface area contributed by atoms with Crippen LogP contribution in [0.25, 0.3) is 0 Å². The fourth-order valence-electron chi connectivity index (χ4n) is 1.53. The van der Waals surface area contributed by atoms with Crippen LogP contribution in [0.1, 0.15) is 19.4 Å². The van der Waals surface area contributed by atoms with Gasteiger partial charge < -0.3 is 15.2 Å². The lowest BCUT2D eigenvalue weighted by Crippen LogP contribution is -2.25. The number of anilines is 1. The molecule has 3 nitrogen and oxygen atoms in total. The Bertz CT molecular complexity index is 369. The van der Waals surface area contributed by atoms with Gasteiger partial charge in [0.25, 0.3) is 0 Å². The van der Waals surface area contributed by atoms with Crippen molar-refractivity contribution in [2.24, 2.45) is 5.92 Å². The first-order valence-electron chi connectivity index (χ1n) is 6.25. The Morgan fingerprint density at radius 2 is 2.06 bits per heavy atom. The highest BCUT2D eigenvalue weighted by Gasteiger charge is 2.07. The molecule has 0 amide bonds. The van der Waals surface area contributed by atoms with E-state index in [1.807, 2.05) is 25.1 Å². The molecule has 4 heteroatoms. The zero-order chi connectivity index (χ0) is 13.5. The molecule has 102 valence electrons. The van der Waals surface area contributed by atoms with E-state index in [1.54, 1.807) is 0 Å². The van der Waals surface area contributed by atoms with Crippen LogP contribution in [0, 0.1) is 12.8 Å². The van der Waals surface area contributed by atoms with Crippen molar-refractivity contribution in [2.75, 3.05) is 25.1 Å². The summed E-state index contributed by atoms with van der Waals surface area (Å²) in [5.41, 5.74) is 2.18. The van der Waals surface area contributed by atoms with E-state index in [4.69, 9.17) is 4.74 Å². The van der Waals surface area contributed by atoms with Gasteiger partial charge in [0.2, 0.25) is 0 Å². The number of benzene rings is 1. The smallest absolute Gasteiger partial charge is 0.0945 e. The molecule has 18 heavy (non-hydrogen) atoms. The monoisotopic (exact) mass is 315 g/mol. The van der Waals surface area contributed by atoms with Crippen molar-refractivity contribution < 1.29 is 9.84 Å². The third-order valence-electron chi connectivity index (χ3n) is 2.56. The summed E-state index contributed by atoms with van der Waals surface area (Å²) in [6.07, 6.45) is -0.484. The van der Waals surface area contributed by atoms with Crippen LogP contribution < -0.4 is 5.32 Å². The predicted octanol–water partition coefficient (Wildman–Crippen LogP) is 3.20. The predicted molar refractivity (Wildman–Crippen MR) is 79.0 cm³/mol. The summed E-state index contributed by atoms with van der Waals surface area (Å²) in [6.45, 7) is 7.78. The lowest BCUT2D eigenvalue weighted by atomic mass is 10.2. The number of hydrogen-bond donors (Lipinski definition) is 2. The molecular weight excluding hydrogens is 294 g/mol. The fraction of sp³-hybridized carbons (Fsp3) is 0.571. The Balaban J connectivity index is 2.33. The Hall–Kier alpha value is -0.580. The van der Waals surface area contributed by atoms with Gasteiger partial charge in [-0.05, 0) is 30.5 Å². The van der Waals surface area contributed by atoms with Gasteiger partial charge in [-0.25, -0.2) is 0 Å². The molecule has 0 radical (unpaired) electrons. The van der Waals surface area contributed by atoms with Gasteiger partial charge in [0.15, 0.2) is 0 Å². The summed E-state index contributed by atoms with van der Waals surface area (Å²) >= 11 is 3.48. The molecule has 0 spiro atoms. The number of aliphatic hydroxyl groups is 1. The fourth-order valence-corrected chi connectivity index (χ4v) is 1.89. The van der Waals surface area contributed by atoms with Crippen LogP contribution in [-0.4, -0.2) is 31.0 Å². The molecule has 1 rings (SSSR count). The molecule has 0 saturated carbocycles. The van der Waals surface area contributed by atoms with Gasteiger partial charge >= 0.3 is 0 Å². The molecule has 0 aliphatic rings. The first-order chi connectivity index (χ1) is 8.50. The van der Waals surface area contributed by atoms with Crippen molar-refractivity contribution in [1.29, 1.82) is 0 Å². The maximum Gasteiger partial charge on any atom is 0.0945 e. The minimum absolute atomic E-state index is 0.373. The van der Waals surface area contributed by atoms with Crippen molar-refractivity contribution in [2.45, 2.75) is 26.9 Å². The summed E-state index contributed by atoms with van der Waals surface area (Å²) in [5.74, 6) is 0.498. The summed E-state index contributed by atoms with van der Waals surface area (Å²) in [6, 6.07) is 5.98. The first kappa shape index (κ1) is 15.5. The highest BCUT2D eigenvalue weighted by atomic mass is 79.9. The van der Waals surface area contributed by atoms with E-state index < -0.39 is 6.10 Å². The number of aliphatic hydroxyl groups excluding tert-OH is 1. The summed E-state index contributed by atoms with van der Waals surface area (Å²) in [4.78, 5) is 0. The molecule has 0 fully saturated rings. The number of hydrogen-bond acceptors (Lipinski definition) is 3. The zero-order valence-electron chi connectivity index (χ0n) is 11.2. The van der Waals surface area contributed by atoms with Crippen LogP contribution >= 0.6 is 15.9 Å². The van der Waals surface area contributed by atoms with Crippen molar-refractivity contribution in [3.63, 3.8) is 0 Å². The molecule has 1 atom stereocenters. The minimum atomic E-state index is -0.484. The standard InChI is InChI=1S/C14H22BrNO2/c1-10(2)8-18-9-12(17)7-16-14-6-4-5-13(15)11(14)3/h4-6,10,12,16-17H,7-9H2,1-3H3. The number of ether oxygens (including phenoxy) is 1. The molecule has 0 aromatic heterocycles. The Kier molecular flexibility index (Phi) is 6.68. The topological polar surface area (TPSA) is 41.5 Å². The summed E-state index contributed by atoms with van der Waals surface area (Å²) < 4.78 is 6.47. The highest BCUT2D eigenvalue weighted by Crippen LogP contribution is 2.23. The van der Waals surface area contributed by atoms with Crippen molar-refractivity contribution in [3.8, 4) is 0 Å². The van der Waals surface area contributed by atoms with Crippen LogP contribution in [0.5, 0.6) is 0 Å². The quantitative estimate of drug-likeness (QED) is 0.812. The third-order valence-corrected chi connectivity index (χ3v) is 3.42. The van der Waals surface area contributed by atoms with Crippen LogP contribution in [0.2, 0.25) is 0 Å². The average molecular weight is 316 g/mol. The molecule has 1 unspecified atom stereocenters. The Labute approximate surface area is 118 Å². The first-order valence-corrected chi connectivity index (χ1v) is 7.04. The van der Waals surface area contributed by atoms with E-state index in [0.29, 0.717) is 25.7 Å². The van der Waals surface area contributed by atoms with Gasteiger partial charge in [0.1, 0.15) is 0 Å². The second-order valence-electron chi connectivity index (χ2n) is 4.88. The SMILES string of the molecule is Cc1c(Br)cccc1NCC(O)COCC(C)C. The normalized spacial score (nSPS) is 12.8. The Morgan fingerprint density at radius 3 is 2.72 bits per heavy atom. The largest absolute Gasteiger partial charge is 0.389 e. The molecule has 0 aliphatic heterocycles. The lowest BCUT2D eigenvalue weighted by Gasteiger charge is -2.15. The van der Waals surface area contributed by atoms with Crippen molar-refractivity contribution in [3.05, 3.63) is 28.2 Å². The molecule has 0 heterocycles. The number of rotatable bonds is 7. The molecule has 0 aliphatic carbocycles. The molecule has 2 N–H and O–H groups in total. The molecule has 1 aromatic rings. The van der Waals surface area contributed by atoms with E-state index in [2.05, 4.69) is 35.1 Å². The second-order valence-corrected chi connectivity index (χ2v) is 5.73. The van der Waals surface area contributed by atoms with Gasteiger partial charge in [-0.2, -0.15) is 0 Å². The molecule has 1 aromatic carbocycles. The average Bonchev–Trinajstić information content (AvgIpc) is 2.30. The maximum atomic E-state index is 9.78. The van der Waals surface area contributed by atoms with Crippen LogP contribution in [0.15, 0.2) is 22.7 Å². The number of halogens is 1. The molecule has 0 saturated heterocycles. The third kappa shape index (κ3) is 5.38. The van der Waals surface area contributed by atoms with Gasteiger partial charge in [-0.3, -0.25) is 0 Å². The molecular formula is C14H22BrNO2. The van der Waals surface area contributed by atoms with E-state index in [0.717, 1.165) is 15.7 Å². The maximum absolute atomic E-state index is 9.78. The van der Waals surface area contributed by atoms with Crippen LogP contribution in [0.3, 0.4) is 0 Å². The number of nitrogens with one attached hydrogen (secondary N) is 1. The van der Waals surface area contributed by atoms with Gasteiger partial charge in [0.05, 0.1) is 12.7 Å². The van der Waals surface area contributed by atoms with Gasteiger partial charge in [-0.15, -0.1) is 0 Å². The van der Waals surface area contributed by atoms with Gasteiger partial charge in [0, 0.05) is 23.3 Å². The van der Waals surface area contributed by atoms with E-state index in [1.165, 1.54) is 0 Å². The van der Waals surface area contributed by atoms with Gasteiger partial charge in [-0.1, -0.05) is 35.8 Å². The Morgan fingerprint density at radius 1 is 1.33 bits per heavy atom. The van der Waals surface area contributed by atoms with E-state index >= 15 is 0 Å². The van der Waals surface area contributed by atoms with E-state index in [9.17, 15) is 5.11 Å². The second kappa shape index (κ2) is 7.77. The molecule has 0 bridgehead atoms. The highest BCUT2D eigenvalue weighted by molar-refractivity contribution is 9.10. The summed E-state index contributed by atoms with van der Waals surface area (Å²) in [5, 5.41) is 13.0. The summed E-state index contributed by atoms with van der Waals surface area (Å²) in [7, 11) is 0.